The lowest BCUT2D eigenvalue weighted by molar-refractivity contribution is 0.103. The van der Waals surface area contributed by atoms with Crippen LogP contribution in [0.4, 0.5) is 0 Å². The molecule has 6 heteroatoms. The molecule has 0 amide bonds. The zero-order chi connectivity index (χ0) is 10.8. The van der Waals surface area contributed by atoms with Crippen molar-refractivity contribution in [3.05, 3.63) is 28.5 Å². The van der Waals surface area contributed by atoms with Gasteiger partial charge < -0.3 is 0 Å². The number of ketones is 1. The van der Waals surface area contributed by atoms with Crippen LogP contribution in [0.5, 0.6) is 0 Å². The molecule has 5 nitrogen and oxygen atoms in total. The maximum Gasteiger partial charge on any atom is 0.224 e. The van der Waals surface area contributed by atoms with Crippen molar-refractivity contribution < 1.29 is 4.79 Å². The number of aromatic nitrogens is 4. The number of hydrogen-bond donors (Lipinski definition) is 0. The topological polar surface area (TPSA) is 60.7 Å². The molecule has 0 bridgehead atoms. The van der Waals surface area contributed by atoms with E-state index < -0.39 is 0 Å². The van der Waals surface area contributed by atoms with Gasteiger partial charge in [0, 0.05) is 12.7 Å². The molecule has 0 radical (unpaired) electrons. The molecule has 0 fully saturated rings. The quantitative estimate of drug-likeness (QED) is 0.734. The second-order valence-electron chi connectivity index (χ2n) is 3.05. The molecule has 0 aliphatic carbocycles. The summed E-state index contributed by atoms with van der Waals surface area (Å²) in [5.74, 6) is -0.0538. The highest BCUT2D eigenvalue weighted by molar-refractivity contribution is 7.08. The summed E-state index contributed by atoms with van der Waals surface area (Å²) in [6.45, 7) is 4.41. The molecule has 0 saturated heterocycles. The molecule has 0 aliphatic heterocycles. The van der Waals surface area contributed by atoms with Gasteiger partial charge in [-0.3, -0.25) is 9.48 Å². The first-order valence-electron chi connectivity index (χ1n) is 4.59. The van der Waals surface area contributed by atoms with Crippen molar-refractivity contribution in [3.63, 3.8) is 0 Å². The summed E-state index contributed by atoms with van der Waals surface area (Å²) in [6.07, 6.45) is 1.63. The SMILES string of the molecule is CCn1nccc1C(=O)c1snnc1C. The van der Waals surface area contributed by atoms with Crippen molar-refractivity contribution in [3.8, 4) is 0 Å². The number of carbonyl (C=O) groups excluding carboxylic acids is 1. The minimum absolute atomic E-state index is 0.0538. The van der Waals surface area contributed by atoms with E-state index in [1.807, 2.05) is 6.92 Å². The van der Waals surface area contributed by atoms with Gasteiger partial charge >= 0.3 is 0 Å². The monoisotopic (exact) mass is 222 g/mol. The molecule has 0 aliphatic rings. The summed E-state index contributed by atoms with van der Waals surface area (Å²) in [7, 11) is 0. The molecule has 0 spiro atoms. The van der Waals surface area contributed by atoms with Gasteiger partial charge in [0.15, 0.2) is 0 Å². The van der Waals surface area contributed by atoms with Crippen LogP contribution >= 0.6 is 11.5 Å². The summed E-state index contributed by atoms with van der Waals surface area (Å²) >= 11 is 1.12. The van der Waals surface area contributed by atoms with Gasteiger partial charge in [-0.25, -0.2) is 0 Å². The van der Waals surface area contributed by atoms with E-state index in [0.717, 1.165) is 11.5 Å². The van der Waals surface area contributed by atoms with E-state index in [2.05, 4.69) is 14.7 Å². The Balaban J connectivity index is 2.41. The van der Waals surface area contributed by atoms with Crippen molar-refractivity contribution in [2.45, 2.75) is 20.4 Å². The van der Waals surface area contributed by atoms with Gasteiger partial charge in [0.2, 0.25) is 5.78 Å². The lowest BCUT2D eigenvalue weighted by atomic mass is 10.2. The fourth-order valence-corrected chi connectivity index (χ4v) is 1.94. The van der Waals surface area contributed by atoms with Crippen LogP contribution in [0.3, 0.4) is 0 Å². The molecule has 0 atom stereocenters. The Hall–Kier alpha value is -1.56. The van der Waals surface area contributed by atoms with Crippen LogP contribution in [-0.2, 0) is 6.54 Å². The number of carbonyl (C=O) groups is 1. The van der Waals surface area contributed by atoms with Crippen molar-refractivity contribution in [2.75, 3.05) is 0 Å². The molecule has 2 rings (SSSR count). The standard InChI is InChI=1S/C9H10N4OS/c1-3-13-7(4-5-10-13)8(14)9-6(2)11-12-15-9/h4-5H,3H2,1-2H3. The zero-order valence-corrected chi connectivity index (χ0v) is 9.28. The molecule has 0 saturated carbocycles. The minimum atomic E-state index is -0.0538. The average Bonchev–Trinajstić information content (AvgIpc) is 2.84. The molecule has 2 aromatic rings. The highest BCUT2D eigenvalue weighted by Crippen LogP contribution is 2.15. The largest absolute Gasteiger partial charge is 0.286 e. The summed E-state index contributed by atoms with van der Waals surface area (Å²) in [4.78, 5) is 12.6. The molecule has 0 aromatic carbocycles. The van der Waals surface area contributed by atoms with Crippen LogP contribution in [0.25, 0.3) is 0 Å². The normalized spacial score (nSPS) is 10.5. The summed E-state index contributed by atoms with van der Waals surface area (Å²) in [5.41, 5.74) is 1.26. The van der Waals surface area contributed by atoms with E-state index in [1.165, 1.54) is 0 Å². The molecule has 78 valence electrons. The van der Waals surface area contributed by atoms with Crippen LogP contribution in [0, 0.1) is 6.92 Å². The van der Waals surface area contributed by atoms with Gasteiger partial charge in [0.05, 0.1) is 5.69 Å². The Kier molecular flexibility index (Phi) is 2.59. The molecule has 0 unspecified atom stereocenters. The van der Waals surface area contributed by atoms with Crippen molar-refractivity contribution in [1.29, 1.82) is 0 Å². The molecular formula is C9H10N4OS. The Bertz CT molecular complexity index is 488. The molecule has 15 heavy (non-hydrogen) atoms. The predicted molar refractivity (Wildman–Crippen MR) is 56.0 cm³/mol. The molecular weight excluding hydrogens is 212 g/mol. The highest BCUT2D eigenvalue weighted by atomic mass is 32.1. The van der Waals surface area contributed by atoms with Gasteiger partial charge in [-0.15, -0.1) is 5.10 Å². The second kappa shape index (κ2) is 3.90. The Morgan fingerprint density at radius 2 is 2.40 bits per heavy atom. The van der Waals surface area contributed by atoms with Gasteiger partial charge in [0.1, 0.15) is 10.6 Å². The van der Waals surface area contributed by atoms with Crippen LogP contribution < -0.4 is 0 Å². The van der Waals surface area contributed by atoms with Crippen molar-refractivity contribution in [2.24, 2.45) is 0 Å². The van der Waals surface area contributed by atoms with Crippen LogP contribution in [-0.4, -0.2) is 25.2 Å². The van der Waals surface area contributed by atoms with E-state index in [0.29, 0.717) is 22.8 Å². The third-order valence-corrected chi connectivity index (χ3v) is 2.93. The smallest absolute Gasteiger partial charge is 0.224 e. The molecule has 0 N–H and O–H groups in total. The maximum atomic E-state index is 12.0. The summed E-state index contributed by atoms with van der Waals surface area (Å²) in [5, 5.41) is 7.88. The van der Waals surface area contributed by atoms with Gasteiger partial charge in [0.25, 0.3) is 0 Å². The lowest BCUT2D eigenvalue weighted by Crippen LogP contribution is -2.10. The molecule has 2 aromatic heterocycles. The van der Waals surface area contributed by atoms with Crippen LogP contribution in [0.2, 0.25) is 0 Å². The highest BCUT2D eigenvalue weighted by Gasteiger charge is 2.18. The second-order valence-corrected chi connectivity index (χ2v) is 3.80. The predicted octanol–water partition coefficient (Wildman–Crippen LogP) is 1.29. The van der Waals surface area contributed by atoms with E-state index in [4.69, 9.17) is 0 Å². The third kappa shape index (κ3) is 1.68. The van der Waals surface area contributed by atoms with Gasteiger partial charge in [-0.05, 0) is 31.4 Å². The van der Waals surface area contributed by atoms with Crippen molar-refractivity contribution >= 4 is 17.3 Å². The third-order valence-electron chi connectivity index (χ3n) is 2.11. The zero-order valence-electron chi connectivity index (χ0n) is 8.47. The Morgan fingerprint density at radius 1 is 1.60 bits per heavy atom. The fraction of sp³-hybridized carbons (Fsp3) is 0.333. The molecule has 2 heterocycles. The van der Waals surface area contributed by atoms with E-state index >= 15 is 0 Å². The van der Waals surface area contributed by atoms with Crippen LogP contribution in [0.1, 0.15) is 28.0 Å². The Labute approximate surface area is 90.9 Å². The fourth-order valence-electron chi connectivity index (χ4n) is 1.33. The maximum absolute atomic E-state index is 12.0. The average molecular weight is 222 g/mol. The number of hydrogen-bond acceptors (Lipinski definition) is 5. The van der Waals surface area contributed by atoms with E-state index in [9.17, 15) is 4.79 Å². The van der Waals surface area contributed by atoms with Crippen LogP contribution in [0.15, 0.2) is 12.3 Å². The first-order valence-corrected chi connectivity index (χ1v) is 5.36. The summed E-state index contributed by atoms with van der Waals surface area (Å²) in [6, 6.07) is 1.71. The van der Waals surface area contributed by atoms with E-state index in [-0.39, 0.29) is 5.78 Å². The van der Waals surface area contributed by atoms with Crippen molar-refractivity contribution in [1.82, 2.24) is 19.4 Å². The van der Waals surface area contributed by atoms with Gasteiger partial charge in [-0.2, -0.15) is 5.10 Å². The summed E-state index contributed by atoms with van der Waals surface area (Å²) < 4.78 is 5.42. The number of rotatable bonds is 3. The van der Waals surface area contributed by atoms with Gasteiger partial charge in [-0.1, -0.05) is 4.49 Å². The number of aryl methyl sites for hydroxylation is 2. The Morgan fingerprint density at radius 3 is 3.00 bits per heavy atom. The number of nitrogens with zero attached hydrogens (tertiary/aromatic N) is 4. The minimum Gasteiger partial charge on any atom is -0.286 e. The first kappa shape index (κ1) is 9.97. The first-order chi connectivity index (χ1) is 7.24. The van der Waals surface area contributed by atoms with E-state index in [1.54, 1.807) is 23.9 Å². The lowest BCUT2D eigenvalue weighted by Gasteiger charge is -2.01.